The molecule has 0 saturated carbocycles. The summed E-state index contributed by atoms with van der Waals surface area (Å²) in [7, 11) is 0. The summed E-state index contributed by atoms with van der Waals surface area (Å²) in [4.78, 5) is 86.4. The quantitative estimate of drug-likeness (QED) is 0.0582. The third-order valence-corrected chi connectivity index (χ3v) is 23.2. The van der Waals surface area contributed by atoms with Crippen molar-refractivity contribution < 1.29 is 19.2 Å². The van der Waals surface area contributed by atoms with Crippen LogP contribution in [0.1, 0.15) is 28.1 Å². The van der Waals surface area contributed by atoms with Gasteiger partial charge in [0.15, 0.2) is 15.4 Å². The van der Waals surface area contributed by atoms with Crippen LogP contribution in [-0.2, 0) is 25.6 Å². The van der Waals surface area contributed by atoms with Crippen LogP contribution in [0.5, 0.6) is 0 Å². The van der Waals surface area contributed by atoms with Gasteiger partial charge < -0.3 is 35.6 Å². The summed E-state index contributed by atoms with van der Waals surface area (Å²) in [5.41, 5.74) is 16.8. The molecule has 4 fully saturated rings. The molecule has 0 atom stereocenters. The summed E-state index contributed by atoms with van der Waals surface area (Å²) in [5, 5.41) is 19.7. The smallest absolute Gasteiger partial charge is 0.240 e. The van der Waals surface area contributed by atoms with E-state index in [1.807, 2.05) is 137 Å². The van der Waals surface area contributed by atoms with E-state index in [0.29, 0.717) is 47.9 Å². The molecule has 19 nitrogen and oxygen atoms in total. The molecular formula is C89H97N15O4S4. The molecule has 112 heavy (non-hydrogen) atoms. The minimum Gasteiger partial charge on any atom is -0.369 e. The fourth-order valence-electron chi connectivity index (χ4n) is 13.6. The standard InChI is InChI=1S/C24H27N3OS.2C22H24N4OS.C21H22N4OS/c1-19-7-9-21(10-8-19)27-15-13-26(14-16-27)12-11-22(28)17-24-25-23(18-29-24)20-5-3-2-4-6-20;2*1-17-7-9-19(10-8-17)26-13-11-25(12-14-26)15-21(27)24-22-23-20(16-28-22)18-5-3-2-4-6-18;26-20(23-21-22-19(16-27-21)17-7-3-1-4-8-17)15-24-11-13-25(14-12-24)18-9-5-2-6-10-18/h2-10,18H,11-17H2,1H3;2*2-10,16H,11-15H2,1H3,(H,23,24,27);1-10,16H,11-15H2,(H,22,23,26). The highest BCUT2D eigenvalue weighted by Gasteiger charge is 2.25. The molecule has 23 heteroatoms. The molecule has 8 heterocycles. The van der Waals surface area contributed by atoms with E-state index >= 15 is 0 Å². The second kappa shape index (κ2) is 40.6. The monoisotopic (exact) mass is 1570 g/mol. The predicted octanol–water partition coefficient (Wildman–Crippen LogP) is 15.8. The molecule has 4 aliphatic rings. The van der Waals surface area contributed by atoms with Crippen LogP contribution < -0.4 is 35.6 Å². The highest BCUT2D eigenvalue weighted by atomic mass is 32.1. The molecule has 3 N–H and O–H groups in total. The Morgan fingerprint density at radius 2 is 0.562 bits per heavy atom. The number of aromatic nitrogens is 4. The summed E-state index contributed by atoms with van der Waals surface area (Å²) < 4.78 is 0. The number of thiazole rings is 4. The summed E-state index contributed by atoms with van der Waals surface area (Å²) in [6, 6.07) is 76.6. The second-order valence-electron chi connectivity index (χ2n) is 28.3. The van der Waals surface area contributed by atoms with Crippen LogP contribution in [0.15, 0.2) is 246 Å². The van der Waals surface area contributed by atoms with Crippen LogP contribution in [0.25, 0.3) is 45.0 Å². The van der Waals surface area contributed by atoms with Crippen molar-refractivity contribution in [3.05, 3.63) is 268 Å². The van der Waals surface area contributed by atoms with Crippen molar-refractivity contribution in [1.82, 2.24) is 39.5 Å². The molecule has 576 valence electrons. The topological polar surface area (TPSA) is 182 Å². The van der Waals surface area contributed by atoms with Gasteiger partial charge in [-0.3, -0.25) is 38.8 Å². The number of benzene rings is 8. The minimum atomic E-state index is -0.00266. The average Bonchev–Trinajstić information content (AvgIpc) is 1.83. The van der Waals surface area contributed by atoms with E-state index in [2.05, 4.69) is 205 Å². The van der Waals surface area contributed by atoms with E-state index < -0.39 is 0 Å². The highest BCUT2D eigenvalue weighted by molar-refractivity contribution is 7.14. The zero-order chi connectivity index (χ0) is 77.2. The van der Waals surface area contributed by atoms with Crippen LogP contribution in [0.2, 0.25) is 0 Å². The molecule has 0 bridgehead atoms. The Labute approximate surface area is 673 Å². The SMILES string of the molecule is Cc1ccc(N2CCN(CC(=O)Nc3nc(-c4ccccc4)cs3)CC2)cc1.Cc1ccc(N2CCN(CC(=O)Nc3nc(-c4ccccc4)cs3)CC2)cc1.Cc1ccc(N2CCN(CCC(=O)Cc3nc(-c4ccccc4)cs3)CC2)cc1.O=C(CN1CCN(c2ccccc2)CC1)Nc1nc(-c2ccccc2)cs1. The van der Waals surface area contributed by atoms with Gasteiger partial charge in [0.2, 0.25) is 17.7 Å². The van der Waals surface area contributed by atoms with Crippen molar-refractivity contribution in [3.63, 3.8) is 0 Å². The fraction of sp³-hybridized carbons (Fsp3) is 0.281. The zero-order valence-corrected chi connectivity index (χ0v) is 67.1. The summed E-state index contributed by atoms with van der Waals surface area (Å²) >= 11 is 5.97. The molecule has 4 aliphatic heterocycles. The zero-order valence-electron chi connectivity index (χ0n) is 63.9. The van der Waals surface area contributed by atoms with Crippen molar-refractivity contribution in [2.45, 2.75) is 33.6 Å². The number of rotatable bonds is 22. The lowest BCUT2D eigenvalue weighted by atomic mass is 10.1. The lowest BCUT2D eigenvalue weighted by Crippen LogP contribution is -2.48. The number of Topliss-reactive ketones (excluding diaryl/α,β-unsaturated/α-hetero) is 1. The van der Waals surface area contributed by atoms with E-state index in [1.54, 1.807) is 11.3 Å². The number of anilines is 7. The number of hydrogen-bond acceptors (Lipinski definition) is 20. The first-order valence-electron chi connectivity index (χ1n) is 38.4. The van der Waals surface area contributed by atoms with Gasteiger partial charge in [0.25, 0.3) is 0 Å². The van der Waals surface area contributed by atoms with Gasteiger partial charge in [-0.15, -0.1) is 45.3 Å². The Balaban J connectivity index is 0.000000131. The normalized spacial score (nSPS) is 14.8. The molecular weight excluding hydrogens is 1470 g/mol. The van der Waals surface area contributed by atoms with Crippen molar-refractivity contribution in [2.24, 2.45) is 0 Å². The van der Waals surface area contributed by atoms with E-state index in [0.717, 1.165) is 161 Å². The molecule has 4 saturated heterocycles. The van der Waals surface area contributed by atoms with Crippen LogP contribution in [-0.4, -0.2) is 194 Å². The third kappa shape index (κ3) is 24.0. The van der Waals surface area contributed by atoms with E-state index in [9.17, 15) is 19.2 Å². The van der Waals surface area contributed by atoms with Gasteiger partial charge in [-0.25, -0.2) is 19.9 Å². The Hall–Kier alpha value is -10.6. The van der Waals surface area contributed by atoms with E-state index in [1.165, 1.54) is 73.5 Å². The van der Waals surface area contributed by atoms with Crippen LogP contribution >= 0.6 is 45.3 Å². The van der Waals surface area contributed by atoms with Gasteiger partial charge in [-0.1, -0.05) is 193 Å². The maximum Gasteiger partial charge on any atom is 0.240 e. The number of piperazine rings is 4. The lowest BCUT2D eigenvalue weighted by Gasteiger charge is -2.36. The summed E-state index contributed by atoms with van der Waals surface area (Å²) in [5.74, 6) is 0.271. The number of carbonyl (C=O) groups is 4. The number of amides is 3. The maximum absolute atomic E-state index is 12.4. The van der Waals surface area contributed by atoms with Gasteiger partial charge >= 0.3 is 0 Å². The molecule has 12 aromatic rings. The van der Waals surface area contributed by atoms with Gasteiger partial charge in [0.1, 0.15) is 10.8 Å². The average molecular weight is 1570 g/mol. The van der Waals surface area contributed by atoms with Gasteiger partial charge in [-0.05, 0) is 69.3 Å². The molecule has 16 rings (SSSR count). The van der Waals surface area contributed by atoms with Crippen LogP contribution in [0, 0.1) is 20.8 Å². The molecule has 3 amide bonds. The maximum atomic E-state index is 12.4. The summed E-state index contributed by atoms with van der Waals surface area (Å²) in [6.07, 6.45) is 1.05. The Kier molecular flexibility index (Phi) is 28.8. The minimum absolute atomic E-state index is 0.00209. The first-order chi connectivity index (χ1) is 54.8. The Morgan fingerprint density at radius 1 is 0.304 bits per heavy atom. The largest absolute Gasteiger partial charge is 0.369 e. The first kappa shape index (κ1) is 79.5. The molecule has 8 aromatic carbocycles. The number of hydrogen-bond donors (Lipinski definition) is 3. The number of nitrogens with one attached hydrogen (secondary N) is 3. The second-order valence-corrected chi connectivity index (χ2v) is 31.8. The van der Waals surface area contributed by atoms with Gasteiger partial charge in [0.05, 0.1) is 48.8 Å². The van der Waals surface area contributed by atoms with Crippen molar-refractivity contribution >= 4 is 107 Å². The number of nitrogens with zero attached hydrogens (tertiary/aromatic N) is 12. The number of ketones is 1. The fourth-order valence-corrected chi connectivity index (χ4v) is 16.6. The molecule has 4 aromatic heterocycles. The van der Waals surface area contributed by atoms with E-state index in [4.69, 9.17) is 0 Å². The predicted molar refractivity (Wildman–Crippen MR) is 464 cm³/mol. The number of carbonyl (C=O) groups excluding carboxylic acids is 4. The summed E-state index contributed by atoms with van der Waals surface area (Å²) in [6.45, 7) is 23.4. The van der Waals surface area contributed by atoms with Gasteiger partial charge in [0, 0.05) is 184 Å². The number of aryl methyl sites for hydroxylation is 3. The Bertz CT molecular complexity index is 4710. The molecule has 0 radical (unpaired) electrons. The van der Waals surface area contributed by atoms with Crippen LogP contribution in [0.4, 0.5) is 38.1 Å². The Morgan fingerprint density at radius 3 is 0.866 bits per heavy atom. The molecule has 0 spiro atoms. The highest BCUT2D eigenvalue weighted by Crippen LogP contribution is 2.30. The molecule has 0 aliphatic carbocycles. The first-order valence-corrected chi connectivity index (χ1v) is 41.9. The third-order valence-electron chi connectivity index (χ3n) is 20.0. The van der Waals surface area contributed by atoms with Gasteiger partial charge in [-0.2, -0.15) is 0 Å². The molecule has 0 unspecified atom stereocenters. The van der Waals surface area contributed by atoms with Crippen molar-refractivity contribution in [3.8, 4) is 45.0 Å². The van der Waals surface area contributed by atoms with Crippen LogP contribution in [0.3, 0.4) is 0 Å². The van der Waals surface area contributed by atoms with Crippen molar-refractivity contribution in [1.29, 1.82) is 0 Å². The lowest BCUT2D eigenvalue weighted by molar-refractivity contribution is -0.119. The van der Waals surface area contributed by atoms with E-state index in [-0.39, 0.29) is 23.5 Å². The van der Waals surface area contributed by atoms with Crippen molar-refractivity contribution in [2.75, 3.05) is 166 Å². The number of para-hydroxylation sites is 1.